The Balaban J connectivity index is 1.82. The summed E-state index contributed by atoms with van der Waals surface area (Å²) in [6, 6.07) is 17.4. The first-order chi connectivity index (χ1) is 14.4. The van der Waals surface area contributed by atoms with Gasteiger partial charge in [-0.2, -0.15) is 5.10 Å². The summed E-state index contributed by atoms with van der Waals surface area (Å²) in [6.07, 6.45) is 5.01. The number of amides is 2. The van der Waals surface area contributed by atoms with Gasteiger partial charge < -0.3 is 10.2 Å². The van der Waals surface area contributed by atoms with E-state index in [1.165, 1.54) is 11.0 Å². The van der Waals surface area contributed by atoms with Crippen molar-refractivity contribution in [2.45, 2.75) is 6.54 Å². The monoisotopic (exact) mass is 422 g/mol. The molecule has 0 aliphatic rings. The van der Waals surface area contributed by atoms with E-state index in [0.29, 0.717) is 11.6 Å². The molecule has 2 amide bonds. The molecule has 0 spiro atoms. The Kier molecular flexibility index (Phi) is 7.03. The highest BCUT2D eigenvalue weighted by atomic mass is 35.5. The van der Waals surface area contributed by atoms with Gasteiger partial charge in [0.1, 0.15) is 0 Å². The summed E-state index contributed by atoms with van der Waals surface area (Å²) < 4.78 is 1.84. The second kappa shape index (κ2) is 9.89. The minimum Gasteiger partial charge on any atom is -0.347 e. The van der Waals surface area contributed by atoms with E-state index in [9.17, 15) is 9.59 Å². The van der Waals surface area contributed by atoms with E-state index in [0.717, 1.165) is 22.4 Å². The molecule has 0 radical (unpaired) electrons. The highest BCUT2D eigenvalue weighted by Crippen LogP contribution is 2.25. The molecule has 3 aromatic rings. The number of likely N-dealkylation sites (N-methyl/N-ethyl adjacent to an activating group) is 1. The number of carbonyl (C=O) groups excluding carboxylic acids is 2. The van der Waals surface area contributed by atoms with Gasteiger partial charge in [-0.1, -0.05) is 54.1 Å². The summed E-state index contributed by atoms with van der Waals surface area (Å²) in [6.45, 7) is 0.562. The molecule has 0 saturated heterocycles. The Morgan fingerprint density at radius 3 is 2.47 bits per heavy atom. The Labute approximate surface area is 180 Å². The van der Waals surface area contributed by atoms with Crippen molar-refractivity contribution in [1.29, 1.82) is 0 Å². The molecule has 154 valence electrons. The zero-order valence-corrected chi connectivity index (χ0v) is 17.6. The Morgan fingerprint density at radius 2 is 1.80 bits per heavy atom. The smallest absolute Gasteiger partial charge is 0.244 e. The fourth-order valence-electron chi connectivity index (χ4n) is 2.79. The van der Waals surface area contributed by atoms with E-state index in [1.54, 1.807) is 32.3 Å². The number of benzene rings is 2. The average Bonchev–Trinajstić information content (AvgIpc) is 3.14. The van der Waals surface area contributed by atoms with Crippen LogP contribution in [0.4, 0.5) is 0 Å². The number of rotatable bonds is 7. The lowest BCUT2D eigenvalue weighted by atomic mass is 10.1. The Bertz CT molecular complexity index is 1040. The molecule has 0 fully saturated rings. The van der Waals surface area contributed by atoms with Crippen LogP contribution in [0.25, 0.3) is 17.3 Å². The molecular formula is C23H23ClN4O2. The zero-order chi connectivity index (χ0) is 21.5. The summed E-state index contributed by atoms with van der Waals surface area (Å²) in [5, 5.41) is 7.94. The van der Waals surface area contributed by atoms with Crippen LogP contribution in [0, 0.1) is 0 Å². The quantitative estimate of drug-likeness (QED) is 0.593. The van der Waals surface area contributed by atoms with Crippen LogP contribution in [0.15, 0.2) is 66.9 Å². The number of aromatic nitrogens is 2. The van der Waals surface area contributed by atoms with Crippen LogP contribution >= 0.6 is 11.6 Å². The van der Waals surface area contributed by atoms with Crippen molar-refractivity contribution in [3.05, 3.63) is 83.0 Å². The highest BCUT2D eigenvalue weighted by molar-refractivity contribution is 6.30. The predicted molar refractivity (Wildman–Crippen MR) is 119 cm³/mol. The van der Waals surface area contributed by atoms with Gasteiger partial charge in [0.15, 0.2) is 0 Å². The molecule has 2 aromatic carbocycles. The second-order valence-electron chi connectivity index (χ2n) is 6.96. The van der Waals surface area contributed by atoms with Crippen molar-refractivity contribution >= 4 is 29.5 Å². The topological polar surface area (TPSA) is 67.2 Å². The van der Waals surface area contributed by atoms with E-state index in [-0.39, 0.29) is 18.4 Å². The standard InChI is InChI=1S/C23H23ClN4O2/c1-27(2)22(30)14-25-21(29)13-10-19-16-28(15-17-6-4-3-5-7-17)26-23(19)18-8-11-20(24)12-9-18/h3-13,16H,14-15H2,1-2H3,(H,25,29)/b13-10+. The third-order valence-corrected chi connectivity index (χ3v) is 4.67. The molecule has 1 aromatic heterocycles. The normalized spacial score (nSPS) is 10.9. The Morgan fingerprint density at radius 1 is 1.10 bits per heavy atom. The van der Waals surface area contributed by atoms with Crippen LogP contribution in [0.2, 0.25) is 5.02 Å². The predicted octanol–water partition coefficient (Wildman–Crippen LogP) is 3.47. The van der Waals surface area contributed by atoms with Crippen molar-refractivity contribution in [3.63, 3.8) is 0 Å². The van der Waals surface area contributed by atoms with Gasteiger partial charge in [-0.3, -0.25) is 14.3 Å². The highest BCUT2D eigenvalue weighted by Gasteiger charge is 2.11. The molecule has 7 heteroatoms. The summed E-state index contributed by atoms with van der Waals surface area (Å²) in [4.78, 5) is 25.2. The maximum Gasteiger partial charge on any atom is 0.244 e. The minimum atomic E-state index is -0.344. The molecule has 1 heterocycles. The molecule has 3 rings (SSSR count). The van der Waals surface area contributed by atoms with Crippen LogP contribution in [-0.2, 0) is 16.1 Å². The van der Waals surface area contributed by atoms with Gasteiger partial charge in [-0.25, -0.2) is 0 Å². The molecule has 0 unspecified atom stereocenters. The van der Waals surface area contributed by atoms with E-state index in [2.05, 4.69) is 5.32 Å². The van der Waals surface area contributed by atoms with Crippen molar-refractivity contribution in [2.75, 3.05) is 20.6 Å². The fourth-order valence-corrected chi connectivity index (χ4v) is 2.91. The summed E-state index contributed by atoms with van der Waals surface area (Å²) in [7, 11) is 3.29. The van der Waals surface area contributed by atoms with Crippen LogP contribution in [0.3, 0.4) is 0 Å². The molecule has 0 saturated carbocycles. The van der Waals surface area contributed by atoms with Gasteiger partial charge in [0.2, 0.25) is 11.8 Å². The van der Waals surface area contributed by atoms with Gasteiger partial charge in [-0.15, -0.1) is 0 Å². The second-order valence-corrected chi connectivity index (χ2v) is 7.40. The molecule has 30 heavy (non-hydrogen) atoms. The number of nitrogens with zero attached hydrogens (tertiary/aromatic N) is 3. The van der Waals surface area contributed by atoms with E-state index in [1.807, 2.05) is 53.3 Å². The van der Waals surface area contributed by atoms with Gasteiger partial charge >= 0.3 is 0 Å². The SMILES string of the molecule is CN(C)C(=O)CNC(=O)/C=C/c1cn(Cc2ccccc2)nc1-c1ccc(Cl)cc1. The molecule has 0 aliphatic carbocycles. The first-order valence-corrected chi connectivity index (χ1v) is 9.83. The largest absolute Gasteiger partial charge is 0.347 e. The molecule has 6 nitrogen and oxygen atoms in total. The fraction of sp³-hybridized carbons (Fsp3) is 0.174. The number of hydrogen-bond donors (Lipinski definition) is 1. The first-order valence-electron chi connectivity index (χ1n) is 9.46. The molecule has 0 atom stereocenters. The van der Waals surface area contributed by atoms with Gasteiger partial charge in [0.25, 0.3) is 0 Å². The van der Waals surface area contributed by atoms with Crippen LogP contribution in [0.1, 0.15) is 11.1 Å². The maximum absolute atomic E-state index is 12.1. The summed E-state index contributed by atoms with van der Waals surface area (Å²) >= 11 is 6.01. The zero-order valence-electron chi connectivity index (χ0n) is 16.9. The number of nitrogens with one attached hydrogen (secondary N) is 1. The number of halogens is 1. The van der Waals surface area contributed by atoms with E-state index >= 15 is 0 Å². The van der Waals surface area contributed by atoms with Crippen LogP contribution in [-0.4, -0.2) is 47.1 Å². The lowest BCUT2D eigenvalue weighted by Crippen LogP contribution is -2.35. The molecular weight excluding hydrogens is 400 g/mol. The third kappa shape index (κ3) is 5.81. The van der Waals surface area contributed by atoms with E-state index in [4.69, 9.17) is 16.7 Å². The van der Waals surface area contributed by atoms with Crippen molar-refractivity contribution in [2.24, 2.45) is 0 Å². The van der Waals surface area contributed by atoms with Crippen molar-refractivity contribution in [1.82, 2.24) is 20.0 Å². The third-order valence-electron chi connectivity index (χ3n) is 4.42. The molecule has 0 bridgehead atoms. The van der Waals surface area contributed by atoms with Gasteiger partial charge in [-0.05, 0) is 23.8 Å². The number of hydrogen-bond acceptors (Lipinski definition) is 3. The number of carbonyl (C=O) groups is 2. The average molecular weight is 423 g/mol. The lowest BCUT2D eigenvalue weighted by Gasteiger charge is -2.09. The molecule has 1 N–H and O–H groups in total. The van der Waals surface area contributed by atoms with Gasteiger partial charge in [0, 0.05) is 42.5 Å². The van der Waals surface area contributed by atoms with Crippen LogP contribution < -0.4 is 5.32 Å². The molecule has 0 aliphatic heterocycles. The van der Waals surface area contributed by atoms with E-state index < -0.39 is 0 Å². The Hall–Kier alpha value is -3.38. The first kappa shape index (κ1) is 21.3. The summed E-state index contributed by atoms with van der Waals surface area (Å²) in [5.41, 5.74) is 3.56. The lowest BCUT2D eigenvalue weighted by molar-refractivity contribution is -0.129. The maximum atomic E-state index is 12.1. The van der Waals surface area contributed by atoms with Crippen LogP contribution in [0.5, 0.6) is 0 Å². The van der Waals surface area contributed by atoms with Gasteiger partial charge in [0.05, 0.1) is 18.8 Å². The summed E-state index contributed by atoms with van der Waals surface area (Å²) in [5.74, 6) is -0.516. The van der Waals surface area contributed by atoms with Crippen molar-refractivity contribution in [3.8, 4) is 11.3 Å². The minimum absolute atomic E-state index is 0.0481. The van der Waals surface area contributed by atoms with Crippen molar-refractivity contribution < 1.29 is 9.59 Å².